The molecule has 0 spiro atoms. The number of halogens is 3. The molecule has 0 radical (unpaired) electrons. The Morgan fingerprint density at radius 1 is 1.50 bits per heavy atom. The number of hydrogen-bond acceptors (Lipinski definition) is 2. The number of alkyl halides is 2. The van der Waals surface area contributed by atoms with Gasteiger partial charge in [0, 0.05) is 0 Å². The first-order valence-corrected chi connectivity index (χ1v) is 4.29. The molecular formula is C10H7F3N2O. The molecule has 0 saturated carbocycles. The SMILES string of the molecule is N#CCC(=O)Nc1cccc(F)c1C(F)F. The first kappa shape index (κ1) is 12.0. The summed E-state index contributed by atoms with van der Waals surface area (Å²) in [6.45, 7) is 0. The van der Waals surface area contributed by atoms with Gasteiger partial charge in [0.25, 0.3) is 6.43 Å². The fraction of sp³-hybridized carbons (Fsp3) is 0.200. The van der Waals surface area contributed by atoms with Gasteiger partial charge in [0.05, 0.1) is 17.3 Å². The van der Waals surface area contributed by atoms with Crippen molar-refractivity contribution >= 4 is 11.6 Å². The van der Waals surface area contributed by atoms with Gasteiger partial charge in [-0.3, -0.25) is 4.79 Å². The van der Waals surface area contributed by atoms with Crippen molar-refractivity contribution in [2.75, 3.05) is 5.32 Å². The average Bonchev–Trinajstić information content (AvgIpc) is 2.17. The highest BCUT2D eigenvalue weighted by Crippen LogP contribution is 2.29. The molecule has 0 aliphatic rings. The maximum atomic E-state index is 13.0. The van der Waals surface area contributed by atoms with Crippen molar-refractivity contribution in [1.82, 2.24) is 0 Å². The monoisotopic (exact) mass is 228 g/mol. The standard InChI is InChI=1S/C10H7F3N2O/c11-6-2-1-3-7(9(6)10(12)13)15-8(16)4-5-14/h1-3,10H,4H2,(H,15,16). The molecule has 1 N–H and O–H groups in total. The Labute approximate surface area is 89.5 Å². The zero-order valence-electron chi connectivity index (χ0n) is 8.01. The maximum absolute atomic E-state index is 13.0. The van der Waals surface area contributed by atoms with Gasteiger partial charge in [-0.15, -0.1) is 0 Å². The van der Waals surface area contributed by atoms with E-state index in [1.54, 1.807) is 6.07 Å². The van der Waals surface area contributed by atoms with Crippen molar-refractivity contribution < 1.29 is 18.0 Å². The van der Waals surface area contributed by atoms with Crippen molar-refractivity contribution in [3.63, 3.8) is 0 Å². The van der Waals surface area contributed by atoms with Crippen LogP contribution in [0.3, 0.4) is 0 Å². The molecule has 1 rings (SSSR count). The van der Waals surface area contributed by atoms with Gasteiger partial charge < -0.3 is 5.32 Å². The van der Waals surface area contributed by atoms with Gasteiger partial charge in [-0.2, -0.15) is 5.26 Å². The topological polar surface area (TPSA) is 52.9 Å². The van der Waals surface area contributed by atoms with E-state index in [9.17, 15) is 18.0 Å². The third-order valence-electron chi connectivity index (χ3n) is 1.78. The Morgan fingerprint density at radius 3 is 2.75 bits per heavy atom. The first-order chi connectivity index (χ1) is 7.56. The highest BCUT2D eigenvalue weighted by Gasteiger charge is 2.19. The fourth-order valence-electron chi connectivity index (χ4n) is 1.13. The summed E-state index contributed by atoms with van der Waals surface area (Å²) in [5.41, 5.74) is -1.18. The van der Waals surface area contributed by atoms with E-state index >= 15 is 0 Å². The van der Waals surface area contributed by atoms with Crippen LogP contribution in [0.1, 0.15) is 18.4 Å². The minimum absolute atomic E-state index is 0.310. The summed E-state index contributed by atoms with van der Waals surface area (Å²) in [7, 11) is 0. The number of carbonyl (C=O) groups excluding carboxylic acids is 1. The Balaban J connectivity index is 3.00. The lowest BCUT2D eigenvalue weighted by molar-refractivity contribution is -0.115. The highest BCUT2D eigenvalue weighted by molar-refractivity contribution is 5.92. The number of amides is 1. The average molecular weight is 228 g/mol. The Bertz CT molecular complexity index is 440. The van der Waals surface area contributed by atoms with Crippen LogP contribution in [-0.4, -0.2) is 5.91 Å². The summed E-state index contributed by atoms with van der Waals surface area (Å²) in [5, 5.41) is 10.3. The zero-order valence-corrected chi connectivity index (χ0v) is 8.01. The molecular weight excluding hydrogens is 221 g/mol. The predicted octanol–water partition coefficient (Wildman–Crippen LogP) is 2.62. The van der Waals surface area contributed by atoms with Gasteiger partial charge in [0.2, 0.25) is 5.91 Å². The summed E-state index contributed by atoms with van der Waals surface area (Å²) in [5.74, 6) is -1.85. The number of nitrogens with one attached hydrogen (secondary N) is 1. The van der Waals surface area contributed by atoms with E-state index in [0.29, 0.717) is 0 Å². The normalized spacial score (nSPS) is 9.94. The minimum Gasteiger partial charge on any atom is -0.325 e. The summed E-state index contributed by atoms with van der Waals surface area (Å²) in [6, 6.07) is 4.78. The summed E-state index contributed by atoms with van der Waals surface area (Å²) >= 11 is 0. The molecule has 0 unspecified atom stereocenters. The molecule has 0 aliphatic heterocycles. The molecule has 0 atom stereocenters. The van der Waals surface area contributed by atoms with Crippen molar-refractivity contribution in [1.29, 1.82) is 5.26 Å². The van der Waals surface area contributed by atoms with E-state index in [-0.39, 0.29) is 5.69 Å². The molecule has 0 saturated heterocycles. The molecule has 16 heavy (non-hydrogen) atoms. The highest BCUT2D eigenvalue weighted by atomic mass is 19.3. The Kier molecular flexibility index (Phi) is 3.89. The first-order valence-electron chi connectivity index (χ1n) is 4.29. The number of benzene rings is 1. The lowest BCUT2D eigenvalue weighted by atomic mass is 10.1. The molecule has 1 amide bonds. The molecule has 0 aliphatic carbocycles. The summed E-state index contributed by atoms with van der Waals surface area (Å²) < 4.78 is 38.0. The summed E-state index contributed by atoms with van der Waals surface area (Å²) in [4.78, 5) is 11.0. The zero-order chi connectivity index (χ0) is 12.1. The van der Waals surface area contributed by atoms with Gasteiger partial charge >= 0.3 is 0 Å². The van der Waals surface area contributed by atoms with Gasteiger partial charge in [-0.05, 0) is 12.1 Å². The smallest absolute Gasteiger partial charge is 0.268 e. The maximum Gasteiger partial charge on any atom is 0.268 e. The number of nitriles is 1. The third kappa shape index (κ3) is 2.73. The molecule has 0 fully saturated rings. The molecule has 0 heterocycles. The van der Waals surface area contributed by atoms with Crippen LogP contribution in [0.15, 0.2) is 18.2 Å². The lowest BCUT2D eigenvalue weighted by Gasteiger charge is -2.09. The second-order valence-electron chi connectivity index (χ2n) is 2.88. The van der Waals surface area contributed by atoms with Crippen LogP contribution in [0.2, 0.25) is 0 Å². The van der Waals surface area contributed by atoms with E-state index in [4.69, 9.17) is 5.26 Å². The predicted molar refractivity (Wildman–Crippen MR) is 50.2 cm³/mol. The Hall–Kier alpha value is -2.03. The third-order valence-corrected chi connectivity index (χ3v) is 1.78. The minimum atomic E-state index is -3.03. The number of nitrogens with zero attached hydrogens (tertiary/aromatic N) is 1. The van der Waals surface area contributed by atoms with Crippen molar-refractivity contribution in [3.05, 3.63) is 29.6 Å². The van der Waals surface area contributed by atoms with Crippen molar-refractivity contribution in [3.8, 4) is 6.07 Å². The fourth-order valence-corrected chi connectivity index (χ4v) is 1.13. The van der Waals surface area contributed by atoms with E-state index in [0.717, 1.165) is 12.1 Å². The Morgan fingerprint density at radius 2 is 2.19 bits per heavy atom. The number of hydrogen-bond donors (Lipinski definition) is 1. The van der Waals surface area contributed by atoms with Gasteiger partial charge in [0.15, 0.2) is 0 Å². The van der Waals surface area contributed by atoms with E-state index in [2.05, 4.69) is 5.32 Å². The number of rotatable bonds is 3. The molecule has 1 aromatic rings. The number of anilines is 1. The van der Waals surface area contributed by atoms with Crippen LogP contribution >= 0.6 is 0 Å². The van der Waals surface area contributed by atoms with Crippen molar-refractivity contribution in [2.24, 2.45) is 0 Å². The molecule has 3 nitrogen and oxygen atoms in total. The second kappa shape index (κ2) is 5.16. The van der Waals surface area contributed by atoms with Crippen LogP contribution in [0.25, 0.3) is 0 Å². The van der Waals surface area contributed by atoms with Crippen LogP contribution in [0, 0.1) is 17.1 Å². The lowest BCUT2D eigenvalue weighted by Crippen LogP contribution is -2.12. The van der Waals surface area contributed by atoms with Gasteiger partial charge in [-0.25, -0.2) is 13.2 Å². The quantitative estimate of drug-likeness (QED) is 0.864. The van der Waals surface area contributed by atoms with Crippen molar-refractivity contribution in [2.45, 2.75) is 12.8 Å². The van der Waals surface area contributed by atoms with Crippen LogP contribution in [0.4, 0.5) is 18.9 Å². The number of carbonyl (C=O) groups is 1. The molecule has 0 aromatic heterocycles. The molecule has 1 aromatic carbocycles. The van der Waals surface area contributed by atoms with Crippen LogP contribution in [-0.2, 0) is 4.79 Å². The van der Waals surface area contributed by atoms with Crippen LogP contribution in [0.5, 0.6) is 0 Å². The van der Waals surface area contributed by atoms with Gasteiger partial charge in [0.1, 0.15) is 12.2 Å². The summed E-state index contributed by atoms with van der Waals surface area (Å²) in [6.07, 6.45) is -3.50. The van der Waals surface area contributed by atoms with E-state index < -0.39 is 30.1 Å². The molecule has 0 bridgehead atoms. The van der Waals surface area contributed by atoms with Crippen LogP contribution < -0.4 is 5.32 Å². The van der Waals surface area contributed by atoms with E-state index in [1.165, 1.54) is 6.07 Å². The molecule has 6 heteroatoms. The van der Waals surface area contributed by atoms with E-state index in [1.807, 2.05) is 0 Å². The van der Waals surface area contributed by atoms with Gasteiger partial charge in [-0.1, -0.05) is 6.07 Å². The molecule has 84 valence electrons. The second-order valence-corrected chi connectivity index (χ2v) is 2.88. The largest absolute Gasteiger partial charge is 0.325 e.